The monoisotopic (exact) mass is 236 g/mol. The molecule has 1 unspecified atom stereocenters. The Labute approximate surface area is 102 Å². The number of nitrogens with two attached hydrogens (primary N) is 1. The Morgan fingerprint density at radius 2 is 1.94 bits per heavy atom. The first-order valence-corrected chi connectivity index (χ1v) is 5.98. The fraction of sp³-hybridized carbons (Fsp3) is 0.538. The van der Waals surface area contributed by atoms with Gasteiger partial charge in [-0.3, -0.25) is 11.3 Å². The van der Waals surface area contributed by atoms with Crippen LogP contribution in [0, 0.1) is 5.92 Å². The molecule has 1 aromatic rings. The van der Waals surface area contributed by atoms with E-state index < -0.39 is 0 Å². The third-order valence-electron chi connectivity index (χ3n) is 3.57. The third kappa shape index (κ3) is 2.37. The highest BCUT2D eigenvalue weighted by Gasteiger charge is 2.28. The summed E-state index contributed by atoms with van der Waals surface area (Å²) in [6.45, 7) is 0. The number of nitrogens with one attached hydrogen (secondary N) is 1. The second-order valence-corrected chi connectivity index (χ2v) is 4.45. The molecule has 0 spiro atoms. The summed E-state index contributed by atoms with van der Waals surface area (Å²) >= 11 is 0. The van der Waals surface area contributed by atoms with Crippen LogP contribution in [0.3, 0.4) is 0 Å². The zero-order chi connectivity index (χ0) is 12.3. The minimum absolute atomic E-state index is 0.212. The quantitative estimate of drug-likeness (QED) is 0.606. The summed E-state index contributed by atoms with van der Waals surface area (Å²) in [7, 11) is 3.29. The Morgan fingerprint density at radius 1 is 1.24 bits per heavy atom. The van der Waals surface area contributed by atoms with Crippen molar-refractivity contribution in [3.05, 3.63) is 23.8 Å². The topological polar surface area (TPSA) is 56.5 Å². The zero-order valence-corrected chi connectivity index (χ0v) is 10.4. The summed E-state index contributed by atoms with van der Waals surface area (Å²) in [6, 6.07) is 6.19. The van der Waals surface area contributed by atoms with Gasteiger partial charge in [-0.2, -0.15) is 0 Å². The Hall–Kier alpha value is -1.26. The molecule has 1 saturated carbocycles. The van der Waals surface area contributed by atoms with E-state index in [1.807, 2.05) is 18.2 Å². The van der Waals surface area contributed by atoms with Gasteiger partial charge >= 0.3 is 0 Å². The predicted molar refractivity (Wildman–Crippen MR) is 67.0 cm³/mol. The first kappa shape index (κ1) is 12.2. The van der Waals surface area contributed by atoms with Gasteiger partial charge in [-0.15, -0.1) is 0 Å². The Balaban J connectivity index is 2.24. The summed E-state index contributed by atoms with van der Waals surface area (Å²) in [5.41, 5.74) is 4.07. The molecule has 0 saturated heterocycles. The van der Waals surface area contributed by atoms with Crippen LogP contribution in [0.1, 0.15) is 30.9 Å². The van der Waals surface area contributed by atoms with E-state index in [-0.39, 0.29) is 6.04 Å². The van der Waals surface area contributed by atoms with Crippen molar-refractivity contribution in [1.82, 2.24) is 5.43 Å². The molecule has 1 aliphatic rings. The SMILES string of the molecule is COc1ccc(C(NN)C2CCC2)cc1OC. The van der Waals surface area contributed by atoms with Crippen LogP contribution in [0.2, 0.25) is 0 Å². The van der Waals surface area contributed by atoms with Gasteiger partial charge in [0.1, 0.15) is 0 Å². The number of rotatable bonds is 5. The number of benzene rings is 1. The minimum Gasteiger partial charge on any atom is -0.493 e. The van der Waals surface area contributed by atoms with Crippen LogP contribution < -0.4 is 20.7 Å². The van der Waals surface area contributed by atoms with Crippen LogP contribution in [0.15, 0.2) is 18.2 Å². The number of methoxy groups -OCH3 is 2. The van der Waals surface area contributed by atoms with Crippen molar-refractivity contribution < 1.29 is 9.47 Å². The molecule has 0 amide bonds. The van der Waals surface area contributed by atoms with Crippen molar-refractivity contribution in [2.45, 2.75) is 25.3 Å². The van der Waals surface area contributed by atoms with E-state index in [0.29, 0.717) is 5.92 Å². The lowest BCUT2D eigenvalue weighted by Crippen LogP contribution is -2.36. The highest BCUT2D eigenvalue weighted by atomic mass is 16.5. The maximum Gasteiger partial charge on any atom is 0.161 e. The normalized spacial score (nSPS) is 17.4. The summed E-state index contributed by atoms with van der Waals surface area (Å²) < 4.78 is 10.5. The third-order valence-corrected chi connectivity index (χ3v) is 3.57. The van der Waals surface area contributed by atoms with Crippen molar-refractivity contribution in [3.63, 3.8) is 0 Å². The van der Waals surface area contributed by atoms with Crippen LogP contribution in [0.4, 0.5) is 0 Å². The van der Waals surface area contributed by atoms with Crippen LogP contribution >= 0.6 is 0 Å². The molecular weight excluding hydrogens is 216 g/mol. The van der Waals surface area contributed by atoms with Crippen molar-refractivity contribution in [3.8, 4) is 11.5 Å². The van der Waals surface area contributed by atoms with E-state index in [1.54, 1.807) is 14.2 Å². The first-order chi connectivity index (χ1) is 8.30. The molecule has 0 aliphatic heterocycles. The molecule has 94 valence electrons. The van der Waals surface area contributed by atoms with Gasteiger partial charge in [-0.1, -0.05) is 12.5 Å². The molecule has 2 rings (SSSR count). The van der Waals surface area contributed by atoms with Gasteiger partial charge in [-0.25, -0.2) is 0 Å². The maximum atomic E-state index is 5.66. The van der Waals surface area contributed by atoms with Crippen molar-refractivity contribution >= 4 is 0 Å². The van der Waals surface area contributed by atoms with Crippen LogP contribution in [0.5, 0.6) is 11.5 Å². The fourth-order valence-electron chi connectivity index (χ4n) is 2.32. The van der Waals surface area contributed by atoms with E-state index in [9.17, 15) is 0 Å². The molecule has 4 nitrogen and oxygen atoms in total. The summed E-state index contributed by atoms with van der Waals surface area (Å²) in [5, 5.41) is 0. The number of hydrogen-bond acceptors (Lipinski definition) is 4. The van der Waals surface area contributed by atoms with Gasteiger partial charge in [0.25, 0.3) is 0 Å². The van der Waals surface area contributed by atoms with E-state index in [2.05, 4.69) is 5.43 Å². The maximum absolute atomic E-state index is 5.66. The molecule has 0 aromatic heterocycles. The van der Waals surface area contributed by atoms with Gasteiger partial charge in [-0.05, 0) is 36.5 Å². The molecule has 3 N–H and O–H groups in total. The minimum atomic E-state index is 0.212. The molecule has 1 aromatic carbocycles. The molecule has 0 radical (unpaired) electrons. The standard InChI is InChI=1S/C13H20N2O2/c1-16-11-7-6-10(8-12(11)17-2)13(15-14)9-4-3-5-9/h6-9,13,15H,3-5,14H2,1-2H3. The lowest BCUT2D eigenvalue weighted by Gasteiger charge is -2.33. The van der Waals surface area contributed by atoms with Crippen LogP contribution in [-0.2, 0) is 0 Å². The van der Waals surface area contributed by atoms with E-state index in [0.717, 1.165) is 17.1 Å². The Morgan fingerprint density at radius 3 is 2.41 bits per heavy atom. The van der Waals surface area contributed by atoms with Gasteiger partial charge in [0.15, 0.2) is 11.5 Å². The molecule has 0 bridgehead atoms. The van der Waals surface area contributed by atoms with E-state index in [1.165, 1.54) is 19.3 Å². The van der Waals surface area contributed by atoms with Crippen LogP contribution in [0.25, 0.3) is 0 Å². The second-order valence-electron chi connectivity index (χ2n) is 4.45. The average Bonchev–Trinajstić information content (AvgIpc) is 2.32. The molecule has 17 heavy (non-hydrogen) atoms. The lowest BCUT2D eigenvalue weighted by molar-refractivity contribution is 0.231. The number of hydrogen-bond donors (Lipinski definition) is 2. The number of hydrazine groups is 1. The van der Waals surface area contributed by atoms with Crippen LogP contribution in [-0.4, -0.2) is 14.2 Å². The van der Waals surface area contributed by atoms with E-state index >= 15 is 0 Å². The van der Waals surface area contributed by atoms with Gasteiger partial charge in [0, 0.05) is 6.04 Å². The highest BCUT2D eigenvalue weighted by molar-refractivity contribution is 5.44. The molecular formula is C13H20N2O2. The summed E-state index contributed by atoms with van der Waals surface area (Å²) in [5.74, 6) is 7.80. The Bertz CT molecular complexity index is 378. The van der Waals surface area contributed by atoms with Gasteiger partial charge in [0.05, 0.1) is 14.2 Å². The van der Waals surface area contributed by atoms with Crippen molar-refractivity contribution in [1.29, 1.82) is 0 Å². The summed E-state index contributed by atoms with van der Waals surface area (Å²) in [6.07, 6.45) is 3.78. The first-order valence-electron chi connectivity index (χ1n) is 5.98. The van der Waals surface area contributed by atoms with Crippen molar-refractivity contribution in [2.75, 3.05) is 14.2 Å². The molecule has 0 heterocycles. The van der Waals surface area contributed by atoms with Gasteiger partial charge < -0.3 is 9.47 Å². The van der Waals surface area contributed by atoms with E-state index in [4.69, 9.17) is 15.3 Å². The smallest absolute Gasteiger partial charge is 0.161 e. The molecule has 1 aliphatic carbocycles. The summed E-state index contributed by atoms with van der Waals surface area (Å²) in [4.78, 5) is 0. The highest BCUT2D eigenvalue weighted by Crippen LogP contribution is 2.39. The largest absolute Gasteiger partial charge is 0.493 e. The van der Waals surface area contributed by atoms with Crippen molar-refractivity contribution in [2.24, 2.45) is 11.8 Å². The average molecular weight is 236 g/mol. The fourth-order valence-corrected chi connectivity index (χ4v) is 2.32. The molecule has 1 fully saturated rings. The zero-order valence-electron chi connectivity index (χ0n) is 10.4. The lowest BCUT2D eigenvalue weighted by atomic mass is 9.77. The molecule has 1 atom stereocenters. The Kier molecular flexibility index (Phi) is 3.86. The van der Waals surface area contributed by atoms with Gasteiger partial charge in [0.2, 0.25) is 0 Å². The number of ether oxygens (including phenoxy) is 2. The molecule has 4 heteroatoms. The predicted octanol–water partition coefficient (Wildman–Crippen LogP) is 2.01. The second kappa shape index (κ2) is 5.38.